The number of carbonyl (C=O) groups excluding carboxylic acids is 2. The molecule has 194 valence electrons. The van der Waals surface area contributed by atoms with Crippen molar-refractivity contribution in [3.05, 3.63) is 52.6 Å². The number of hydrogen-bond donors (Lipinski definition) is 2. The first-order chi connectivity index (χ1) is 16.9. The molecule has 2 aromatic heterocycles. The van der Waals surface area contributed by atoms with Crippen LogP contribution in [-0.2, 0) is 9.68 Å². The van der Waals surface area contributed by atoms with Crippen LogP contribution >= 0.6 is 11.6 Å². The van der Waals surface area contributed by atoms with E-state index in [-0.39, 0.29) is 34.3 Å². The predicted octanol–water partition coefficient (Wildman–Crippen LogP) is 5.03. The molecule has 0 aliphatic rings. The van der Waals surface area contributed by atoms with Crippen LogP contribution in [0.15, 0.2) is 30.6 Å². The van der Waals surface area contributed by atoms with Crippen LogP contribution in [0, 0.1) is 5.82 Å². The average Bonchev–Trinajstić information content (AvgIpc) is 3.22. The van der Waals surface area contributed by atoms with Crippen molar-refractivity contribution in [2.45, 2.75) is 52.4 Å². The quantitative estimate of drug-likeness (QED) is 0.421. The van der Waals surface area contributed by atoms with Gasteiger partial charge in [-0.05, 0) is 52.8 Å². The SMILES string of the molecule is CC(CNC(=O)OC(C)(C)C)Oc1ccc(F)c(Cl)c1[C@H](C)Nc1ccn2ncc(C(=O)OF)c2n1. The van der Waals surface area contributed by atoms with Crippen molar-refractivity contribution in [1.82, 2.24) is 19.9 Å². The van der Waals surface area contributed by atoms with Gasteiger partial charge in [0.15, 0.2) is 5.65 Å². The number of nitrogens with one attached hydrogen (secondary N) is 2. The smallest absolute Gasteiger partial charge is 0.407 e. The molecule has 0 saturated carbocycles. The minimum atomic E-state index is -1.24. The van der Waals surface area contributed by atoms with Gasteiger partial charge in [-0.3, -0.25) is 0 Å². The maximum atomic E-state index is 14.4. The van der Waals surface area contributed by atoms with E-state index >= 15 is 0 Å². The summed E-state index contributed by atoms with van der Waals surface area (Å²) < 4.78 is 39.2. The second-order valence-corrected chi connectivity index (χ2v) is 9.33. The number of fused-ring (bicyclic) bond motifs is 1. The summed E-state index contributed by atoms with van der Waals surface area (Å²) in [6, 6.07) is 3.54. The van der Waals surface area contributed by atoms with E-state index in [1.165, 1.54) is 22.8 Å². The summed E-state index contributed by atoms with van der Waals surface area (Å²) in [6.07, 6.45) is 1.52. The minimum absolute atomic E-state index is 0.0542. The molecule has 1 unspecified atom stereocenters. The molecule has 0 radical (unpaired) electrons. The van der Waals surface area contributed by atoms with Gasteiger partial charge < -0.3 is 20.1 Å². The number of ether oxygens (including phenoxy) is 2. The lowest BCUT2D eigenvalue weighted by Crippen LogP contribution is -2.37. The fraction of sp³-hybridized carbons (Fsp3) is 0.391. The molecule has 36 heavy (non-hydrogen) atoms. The first kappa shape index (κ1) is 26.9. The van der Waals surface area contributed by atoms with Crippen LogP contribution in [0.1, 0.15) is 56.6 Å². The number of amides is 1. The Bertz CT molecular complexity index is 1260. The normalized spacial score (nSPS) is 13.1. The molecule has 0 aliphatic heterocycles. The highest BCUT2D eigenvalue weighted by Gasteiger charge is 2.23. The van der Waals surface area contributed by atoms with E-state index in [1.54, 1.807) is 40.7 Å². The van der Waals surface area contributed by atoms with Crippen molar-refractivity contribution in [2.75, 3.05) is 11.9 Å². The summed E-state index contributed by atoms with van der Waals surface area (Å²) >= 11 is 6.28. The highest BCUT2D eigenvalue weighted by Crippen LogP contribution is 2.36. The molecule has 1 amide bonds. The number of benzene rings is 1. The summed E-state index contributed by atoms with van der Waals surface area (Å²) in [5.41, 5.74) is -0.459. The molecule has 10 nitrogen and oxygen atoms in total. The van der Waals surface area contributed by atoms with Crippen molar-refractivity contribution in [3.8, 4) is 5.75 Å². The lowest BCUT2D eigenvalue weighted by Gasteiger charge is -2.24. The molecular weight excluding hydrogens is 500 g/mol. The number of alkyl carbamates (subject to hydrolysis) is 1. The lowest BCUT2D eigenvalue weighted by molar-refractivity contribution is -0.0786. The van der Waals surface area contributed by atoms with E-state index in [2.05, 4.69) is 25.7 Å². The third-order valence-electron chi connectivity index (χ3n) is 4.81. The molecule has 0 spiro atoms. The van der Waals surface area contributed by atoms with Crippen LogP contribution in [0.4, 0.5) is 19.5 Å². The first-order valence-electron chi connectivity index (χ1n) is 10.9. The summed E-state index contributed by atoms with van der Waals surface area (Å²) in [7, 11) is 0. The molecule has 2 heterocycles. The first-order valence-corrected chi connectivity index (χ1v) is 11.3. The molecule has 0 saturated heterocycles. The molecule has 2 N–H and O–H groups in total. The Balaban J connectivity index is 1.79. The molecular formula is C23H26ClF2N5O5. The van der Waals surface area contributed by atoms with Gasteiger partial charge in [-0.25, -0.2) is 28.4 Å². The second kappa shape index (κ2) is 10.9. The van der Waals surface area contributed by atoms with Crippen molar-refractivity contribution in [3.63, 3.8) is 0 Å². The van der Waals surface area contributed by atoms with Gasteiger partial charge in [-0.2, -0.15) is 5.10 Å². The van der Waals surface area contributed by atoms with Gasteiger partial charge >= 0.3 is 12.1 Å². The zero-order chi connectivity index (χ0) is 26.6. The van der Waals surface area contributed by atoms with Crippen LogP contribution in [-0.4, -0.2) is 44.9 Å². The van der Waals surface area contributed by atoms with E-state index in [1.807, 2.05) is 0 Å². The molecule has 13 heteroatoms. The highest BCUT2D eigenvalue weighted by molar-refractivity contribution is 6.31. The monoisotopic (exact) mass is 525 g/mol. The Hall–Kier alpha value is -3.67. The topological polar surface area (TPSA) is 116 Å². The summed E-state index contributed by atoms with van der Waals surface area (Å²) in [5.74, 6) is -1.33. The number of anilines is 1. The van der Waals surface area contributed by atoms with Gasteiger partial charge in [0, 0.05) is 16.3 Å². The molecule has 0 aliphatic carbocycles. The van der Waals surface area contributed by atoms with Crippen molar-refractivity contribution >= 4 is 35.1 Å². The maximum absolute atomic E-state index is 14.4. The summed E-state index contributed by atoms with van der Waals surface area (Å²) in [4.78, 5) is 31.1. The Morgan fingerprint density at radius 1 is 1.22 bits per heavy atom. The van der Waals surface area contributed by atoms with Gasteiger partial charge in [-0.1, -0.05) is 11.6 Å². The second-order valence-electron chi connectivity index (χ2n) is 8.95. The van der Waals surface area contributed by atoms with Gasteiger partial charge in [0.25, 0.3) is 0 Å². The van der Waals surface area contributed by atoms with Crippen LogP contribution in [0.2, 0.25) is 5.02 Å². The number of nitrogens with zero attached hydrogens (tertiary/aromatic N) is 3. The molecule has 3 aromatic rings. The van der Waals surface area contributed by atoms with Gasteiger partial charge in [0.1, 0.15) is 34.7 Å². The molecule has 2 atom stereocenters. The standard InChI is InChI=1S/C23H26ClF2N5O5/c1-12(10-27-22(33)35-23(3,4)5)34-16-7-6-15(25)19(24)18(16)13(2)29-17-8-9-31-20(30-17)14(11-28-31)21(32)36-26/h6-9,11-13H,10H2,1-5H3,(H,27,33)(H,29,30)/t12?,13-/m0/s1. The van der Waals surface area contributed by atoms with Crippen molar-refractivity contribution < 1.29 is 32.9 Å². The van der Waals surface area contributed by atoms with Crippen LogP contribution in [0.3, 0.4) is 0 Å². The fourth-order valence-corrected chi connectivity index (χ4v) is 3.60. The third kappa shape index (κ3) is 6.51. The number of carbonyl (C=O) groups is 2. The highest BCUT2D eigenvalue weighted by atomic mass is 35.5. The maximum Gasteiger partial charge on any atom is 0.407 e. The van der Waals surface area contributed by atoms with Crippen LogP contribution < -0.4 is 15.4 Å². The summed E-state index contributed by atoms with van der Waals surface area (Å²) in [6.45, 7) is 8.80. The summed E-state index contributed by atoms with van der Waals surface area (Å²) in [5, 5.41) is 9.44. The Morgan fingerprint density at radius 2 is 1.94 bits per heavy atom. The molecule has 3 rings (SSSR count). The molecule has 0 fully saturated rings. The van der Waals surface area contributed by atoms with Gasteiger partial charge in [-0.15, -0.1) is 0 Å². The predicted molar refractivity (Wildman–Crippen MR) is 127 cm³/mol. The number of aromatic nitrogens is 3. The van der Waals surface area contributed by atoms with Crippen molar-refractivity contribution in [1.29, 1.82) is 0 Å². The third-order valence-corrected chi connectivity index (χ3v) is 5.19. The Kier molecular flexibility index (Phi) is 8.18. The number of hydrogen-bond acceptors (Lipinski definition) is 8. The largest absolute Gasteiger partial charge is 0.488 e. The minimum Gasteiger partial charge on any atom is -0.488 e. The zero-order valence-corrected chi connectivity index (χ0v) is 21.0. The van der Waals surface area contributed by atoms with E-state index in [0.717, 1.165) is 6.20 Å². The van der Waals surface area contributed by atoms with E-state index < -0.39 is 35.6 Å². The number of rotatable bonds is 8. The van der Waals surface area contributed by atoms with Crippen molar-refractivity contribution in [2.24, 2.45) is 0 Å². The van der Waals surface area contributed by atoms with E-state index in [4.69, 9.17) is 21.1 Å². The average molecular weight is 526 g/mol. The Labute approximate surface area is 210 Å². The lowest BCUT2D eigenvalue weighted by atomic mass is 10.1. The zero-order valence-electron chi connectivity index (χ0n) is 20.3. The molecule has 0 bridgehead atoms. The fourth-order valence-electron chi connectivity index (χ4n) is 3.28. The molecule has 1 aromatic carbocycles. The van der Waals surface area contributed by atoms with Crippen LogP contribution in [0.25, 0.3) is 5.65 Å². The van der Waals surface area contributed by atoms with Crippen LogP contribution in [0.5, 0.6) is 5.75 Å². The van der Waals surface area contributed by atoms with Gasteiger partial charge in [0.05, 0.1) is 23.8 Å². The Morgan fingerprint density at radius 3 is 2.61 bits per heavy atom. The van der Waals surface area contributed by atoms with E-state index in [0.29, 0.717) is 5.56 Å². The number of halogens is 3. The van der Waals surface area contributed by atoms with Gasteiger partial charge in [0.2, 0.25) is 0 Å². The van der Waals surface area contributed by atoms with E-state index in [9.17, 15) is 18.5 Å².